The molecule has 5 nitrogen and oxygen atoms in total. The van der Waals surface area contributed by atoms with Crippen molar-refractivity contribution in [1.82, 2.24) is 9.97 Å². The highest BCUT2D eigenvalue weighted by Gasteiger charge is 2.30. The third kappa shape index (κ3) is 2.39. The van der Waals surface area contributed by atoms with E-state index >= 15 is 0 Å². The van der Waals surface area contributed by atoms with Crippen LogP contribution in [0.3, 0.4) is 0 Å². The predicted octanol–water partition coefficient (Wildman–Crippen LogP) is 1.01. The van der Waals surface area contributed by atoms with Gasteiger partial charge in [-0.25, -0.2) is 9.78 Å². The van der Waals surface area contributed by atoms with E-state index in [0.29, 0.717) is 11.2 Å². The number of hydrogen-bond donors (Lipinski definition) is 2. The van der Waals surface area contributed by atoms with Gasteiger partial charge in [-0.1, -0.05) is 12.1 Å². The smallest absolute Gasteiger partial charge is 0.335 e. The molecule has 0 radical (unpaired) electrons. The van der Waals surface area contributed by atoms with Crippen molar-refractivity contribution in [1.29, 1.82) is 0 Å². The topological polar surface area (TPSA) is 83.3 Å². The number of benzene rings is 1. The molecule has 1 heterocycles. The number of aliphatic hydroxyl groups is 1. The number of fused-ring (bicyclic) bond motifs is 1. The van der Waals surface area contributed by atoms with Gasteiger partial charge in [-0.05, 0) is 19.1 Å². The first-order valence-corrected chi connectivity index (χ1v) is 5.15. The van der Waals surface area contributed by atoms with Gasteiger partial charge in [-0.3, -0.25) is 4.98 Å². The summed E-state index contributed by atoms with van der Waals surface area (Å²) in [5, 5.41) is 18.5. The normalized spacial score (nSPS) is 14.5. The second-order valence-electron chi connectivity index (χ2n) is 4.11. The Morgan fingerprint density at radius 2 is 2.00 bits per heavy atom. The van der Waals surface area contributed by atoms with Crippen molar-refractivity contribution in [3.63, 3.8) is 0 Å². The molecule has 0 aliphatic rings. The van der Waals surface area contributed by atoms with E-state index < -0.39 is 11.6 Å². The van der Waals surface area contributed by atoms with Crippen molar-refractivity contribution >= 4 is 17.0 Å². The lowest BCUT2D eigenvalue weighted by molar-refractivity contribution is -0.156. The molecule has 0 fully saturated rings. The van der Waals surface area contributed by atoms with E-state index in [2.05, 4.69) is 9.97 Å². The standard InChI is InChI=1S/C12H12N2O3/c1-12(17,11(15)16)6-8-7-13-9-4-2-3-5-10(9)14-8/h2-5,7,17H,6H2,1H3,(H,15,16). The Labute approximate surface area is 97.8 Å². The van der Waals surface area contributed by atoms with Crippen LogP contribution in [0.25, 0.3) is 11.0 Å². The minimum atomic E-state index is -1.82. The van der Waals surface area contributed by atoms with Gasteiger partial charge in [0.15, 0.2) is 5.60 Å². The maximum atomic E-state index is 10.8. The molecule has 1 aromatic heterocycles. The van der Waals surface area contributed by atoms with Crippen LogP contribution in [0.5, 0.6) is 0 Å². The van der Waals surface area contributed by atoms with Gasteiger partial charge < -0.3 is 10.2 Å². The van der Waals surface area contributed by atoms with Crippen molar-refractivity contribution in [2.45, 2.75) is 18.9 Å². The van der Waals surface area contributed by atoms with Crippen LogP contribution in [0.1, 0.15) is 12.6 Å². The van der Waals surface area contributed by atoms with Gasteiger partial charge in [-0.2, -0.15) is 0 Å². The second kappa shape index (κ2) is 4.10. The van der Waals surface area contributed by atoms with Crippen molar-refractivity contribution in [3.8, 4) is 0 Å². The van der Waals surface area contributed by atoms with Crippen molar-refractivity contribution in [2.24, 2.45) is 0 Å². The molecule has 5 heteroatoms. The summed E-state index contributed by atoms with van der Waals surface area (Å²) < 4.78 is 0. The molecule has 0 saturated carbocycles. The Morgan fingerprint density at radius 1 is 1.35 bits per heavy atom. The van der Waals surface area contributed by atoms with E-state index in [9.17, 15) is 9.90 Å². The molecule has 0 aliphatic carbocycles. The van der Waals surface area contributed by atoms with Crippen LogP contribution in [0.15, 0.2) is 30.5 Å². The summed E-state index contributed by atoms with van der Waals surface area (Å²) in [5.74, 6) is -1.27. The summed E-state index contributed by atoms with van der Waals surface area (Å²) in [7, 11) is 0. The van der Waals surface area contributed by atoms with Crippen molar-refractivity contribution in [3.05, 3.63) is 36.2 Å². The van der Waals surface area contributed by atoms with E-state index in [1.54, 1.807) is 6.07 Å². The van der Waals surface area contributed by atoms with Gasteiger partial charge in [-0.15, -0.1) is 0 Å². The number of hydrogen-bond acceptors (Lipinski definition) is 4. The fourth-order valence-electron chi connectivity index (χ4n) is 1.51. The number of carboxylic acid groups (broad SMARTS) is 1. The first kappa shape index (κ1) is 11.5. The summed E-state index contributed by atoms with van der Waals surface area (Å²) in [6, 6.07) is 7.29. The summed E-state index contributed by atoms with van der Waals surface area (Å²) in [6.45, 7) is 1.24. The number of carboxylic acids is 1. The van der Waals surface area contributed by atoms with E-state index in [0.717, 1.165) is 5.52 Å². The van der Waals surface area contributed by atoms with Crippen LogP contribution >= 0.6 is 0 Å². The van der Waals surface area contributed by atoms with Crippen LogP contribution in [0, 0.1) is 0 Å². The molecule has 88 valence electrons. The molecule has 2 rings (SSSR count). The highest BCUT2D eigenvalue weighted by atomic mass is 16.4. The zero-order valence-corrected chi connectivity index (χ0v) is 9.29. The largest absolute Gasteiger partial charge is 0.479 e. The Balaban J connectivity index is 2.34. The minimum absolute atomic E-state index is 0.0693. The van der Waals surface area contributed by atoms with Gasteiger partial charge in [0.2, 0.25) is 0 Å². The Morgan fingerprint density at radius 3 is 2.65 bits per heavy atom. The van der Waals surface area contributed by atoms with E-state index in [1.165, 1.54) is 13.1 Å². The Kier molecular flexibility index (Phi) is 2.77. The summed E-state index contributed by atoms with van der Waals surface area (Å²) in [5.41, 5.74) is 0.0606. The summed E-state index contributed by atoms with van der Waals surface area (Å²) >= 11 is 0. The Hall–Kier alpha value is -2.01. The van der Waals surface area contributed by atoms with Crippen LogP contribution in [-0.2, 0) is 11.2 Å². The number of nitrogens with zero attached hydrogens (tertiary/aromatic N) is 2. The molecule has 1 atom stereocenters. The van der Waals surface area contributed by atoms with Crippen LogP contribution in [-0.4, -0.2) is 31.8 Å². The van der Waals surface area contributed by atoms with Crippen molar-refractivity contribution < 1.29 is 15.0 Å². The molecule has 0 saturated heterocycles. The van der Waals surface area contributed by atoms with Crippen molar-refractivity contribution in [2.75, 3.05) is 0 Å². The predicted molar refractivity (Wildman–Crippen MR) is 61.5 cm³/mol. The maximum absolute atomic E-state index is 10.8. The molecule has 17 heavy (non-hydrogen) atoms. The van der Waals surface area contributed by atoms with Gasteiger partial charge in [0.05, 0.1) is 16.7 Å². The number of carbonyl (C=O) groups is 1. The number of aliphatic carboxylic acids is 1. The van der Waals surface area contributed by atoms with Gasteiger partial charge >= 0.3 is 5.97 Å². The fraction of sp³-hybridized carbons (Fsp3) is 0.250. The van der Waals surface area contributed by atoms with Gasteiger partial charge in [0.1, 0.15) is 0 Å². The van der Waals surface area contributed by atoms with Gasteiger partial charge in [0.25, 0.3) is 0 Å². The molecule has 0 aliphatic heterocycles. The highest BCUT2D eigenvalue weighted by molar-refractivity contribution is 5.77. The summed E-state index contributed by atoms with van der Waals surface area (Å²) in [6.07, 6.45) is 1.42. The first-order valence-electron chi connectivity index (χ1n) is 5.15. The van der Waals surface area contributed by atoms with E-state index in [-0.39, 0.29) is 6.42 Å². The van der Waals surface area contributed by atoms with E-state index in [1.807, 2.05) is 18.2 Å². The third-order valence-corrected chi connectivity index (χ3v) is 2.48. The zero-order chi connectivity index (χ0) is 12.5. The second-order valence-corrected chi connectivity index (χ2v) is 4.11. The summed E-state index contributed by atoms with van der Waals surface area (Å²) in [4.78, 5) is 19.2. The average Bonchev–Trinajstić information content (AvgIpc) is 2.28. The fourth-order valence-corrected chi connectivity index (χ4v) is 1.51. The molecule has 1 aromatic carbocycles. The zero-order valence-electron chi connectivity index (χ0n) is 9.29. The SMILES string of the molecule is CC(O)(Cc1cnc2ccccc2n1)C(=O)O. The lowest BCUT2D eigenvalue weighted by atomic mass is 10.0. The molecule has 2 aromatic rings. The first-order chi connectivity index (χ1) is 7.99. The Bertz CT molecular complexity index is 566. The molecule has 2 N–H and O–H groups in total. The number of rotatable bonds is 3. The molecule has 0 bridgehead atoms. The lowest BCUT2D eigenvalue weighted by Gasteiger charge is -2.16. The van der Waals surface area contributed by atoms with E-state index in [4.69, 9.17) is 5.11 Å². The number of para-hydroxylation sites is 2. The maximum Gasteiger partial charge on any atom is 0.335 e. The average molecular weight is 232 g/mol. The molecule has 0 amide bonds. The lowest BCUT2D eigenvalue weighted by Crippen LogP contribution is -2.37. The highest BCUT2D eigenvalue weighted by Crippen LogP contribution is 2.14. The number of aromatic nitrogens is 2. The van der Waals surface area contributed by atoms with Crippen LogP contribution < -0.4 is 0 Å². The molecule has 0 spiro atoms. The molecular weight excluding hydrogens is 220 g/mol. The quantitative estimate of drug-likeness (QED) is 0.825. The van der Waals surface area contributed by atoms with Crippen LogP contribution in [0.2, 0.25) is 0 Å². The monoisotopic (exact) mass is 232 g/mol. The van der Waals surface area contributed by atoms with Gasteiger partial charge in [0, 0.05) is 12.6 Å². The minimum Gasteiger partial charge on any atom is -0.479 e. The van der Waals surface area contributed by atoms with Crippen LogP contribution in [0.4, 0.5) is 0 Å². The molecular formula is C12H12N2O3. The third-order valence-electron chi connectivity index (χ3n) is 2.48. The molecule has 1 unspecified atom stereocenters.